The number of nitrogens with one attached hydrogen (secondary N) is 2. The minimum Gasteiger partial charge on any atom is -0.327 e. The van der Waals surface area contributed by atoms with E-state index >= 15 is 0 Å². The van der Waals surface area contributed by atoms with Crippen LogP contribution in [0.25, 0.3) is 0 Å². The fourth-order valence-electron chi connectivity index (χ4n) is 0.313. The lowest BCUT2D eigenvalue weighted by molar-refractivity contribution is 0.566. The molecule has 0 heterocycles. The molecular weight excluding hydrogens is 154 g/mol. The summed E-state index contributed by atoms with van der Waals surface area (Å²) in [5.74, 6) is 0. The predicted molar refractivity (Wildman–Crippen MR) is 39.6 cm³/mol. The van der Waals surface area contributed by atoms with E-state index in [1.807, 2.05) is 0 Å². The molecule has 0 fully saturated rings. The van der Waals surface area contributed by atoms with Crippen LogP contribution in [-0.4, -0.2) is 28.1 Å². The Balaban J connectivity index is 3.70. The quantitative estimate of drug-likeness (QED) is 0.471. The minimum atomic E-state index is -3.29. The third-order valence-electron chi connectivity index (χ3n) is 0.864. The lowest BCUT2D eigenvalue weighted by atomic mass is 10.4. The van der Waals surface area contributed by atoms with Crippen molar-refractivity contribution in [3.8, 4) is 0 Å². The molecule has 6 heteroatoms. The SMILES string of the molecule is CNS(=O)(=O)NCC(C)N. The van der Waals surface area contributed by atoms with Crippen molar-refractivity contribution >= 4 is 10.2 Å². The van der Waals surface area contributed by atoms with Crippen molar-refractivity contribution in [2.75, 3.05) is 13.6 Å². The average molecular weight is 167 g/mol. The van der Waals surface area contributed by atoms with E-state index in [4.69, 9.17) is 5.73 Å². The third kappa shape index (κ3) is 4.68. The Kier molecular flexibility index (Phi) is 3.80. The molecule has 1 unspecified atom stereocenters. The molecule has 0 rings (SSSR count). The first kappa shape index (κ1) is 9.83. The molecule has 10 heavy (non-hydrogen) atoms. The summed E-state index contributed by atoms with van der Waals surface area (Å²) in [4.78, 5) is 0. The molecule has 5 nitrogen and oxygen atoms in total. The molecule has 0 spiro atoms. The maximum absolute atomic E-state index is 10.6. The van der Waals surface area contributed by atoms with Crippen molar-refractivity contribution in [3.63, 3.8) is 0 Å². The molecule has 4 N–H and O–H groups in total. The van der Waals surface area contributed by atoms with Crippen molar-refractivity contribution in [2.24, 2.45) is 5.73 Å². The van der Waals surface area contributed by atoms with Gasteiger partial charge < -0.3 is 5.73 Å². The molecule has 0 saturated heterocycles. The summed E-state index contributed by atoms with van der Waals surface area (Å²) in [5, 5.41) is 0. The van der Waals surface area contributed by atoms with E-state index in [2.05, 4.69) is 9.44 Å². The molecule has 0 saturated carbocycles. The van der Waals surface area contributed by atoms with Gasteiger partial charge in [-0.2, -0.15) is 8.42 Å². The number of hydrogen-bond acceptors (Lipinski definition) is 3. The topological polar surface area (TPSA) is 84.2 Å². The summed E-state index contributed by atoms with van der Waals surface area (Å²) in [5.41, 5.74) is 5.30. The second-order valence-corrected chi connectivity index (χ2v) is 3.74. The first-order valence-corrected chi connectivity index (χ1v) is 4.40. The Morgan fingerprint density at radius 1 is 1.60 bits per heavy atom. The summed E-state index contributed by atoms with van der Waals surface area (Å²) in [6, 6.07) is -0.164. The number of hydrogen-bond donors (Lipinski definition) is 3. The molecule has 0 aliphatic rings. The van der Waals surface area contributed by atoms with Gasteiger partial charge in [0.05, 0.1) is 0 Å². The smallest absolute Gasteiger partial charge is 0.276 e. The molecule has 1 atom stereocenters. The van der Waals surface area contributed by atoms with Gasteiger partial charge in [0.1, 0.15) is 0 Å². The van der Waals surface area contributed by atoms with Crippen molar-refractivity contribution in [3.05, 3.63) is 0 Å². The van der Waals surface area contributed by atoms with Gasteiger partial charge in [-0.05, 0) is 6.92 Å². The zero-order chi connectivity index (χ0) is 8.20. The number of nitrogens with two attached hydrogens (primary N) is 1. The molecular formula is C4H13N3O2S. The van der Waals surface area contributed by atoms with Crippen LogP contribution in [0.4, 0.5) is 0 Å². The van der Waals surface area contributed by atoms with Gasteiger partial charge in [-0.3, -0.25) is 0 Å². The molecule has 0 aromatic carbocycles. The van der Waals surface area contributed by atoms with E-state index in [1.165, 1.54) is 7.05 Å². The maximum atomic E-state index is 10.6. The zero-order valence-corrected chi connectivity index (χ0v) is 6.90. The Labute approximate surface area is 61.2 Å². The zero-order valence-electron chi connectivity index (χ0n) is 6.09. The monoisotopic (exact) mass is 167 g/mol. The first-order valence-electron chi connectivity index (χ1n) is 2.91. The van der Waals surface area contributed by atoms with Crippen LogP contribution >= 0.6 is 0 Å². The maximum Gasteiger partial charge on any atom is 0.276 e. The lowest BCUT2D eigenvalue weighted by Crippen LogP contribution is -2.40. The van der Waals surface area contributed by atoms with Crippen LogP contribution < -0.4 is 15.2 Å². The summed E-state index contributed by atoms with van der Waals surface area (Å²) in [7, 11) is -1.96. The highest BCUT2D eigenvalue weighted by Crippen LogP contribution is 1.75. The molecule has 0 aliphatic carbocycles. The van der Waals surface area contributed by atoms with E-state index in [0.29, 0.717) is 0 Å². The molecule has 0 aromatic rings. The second kappa shape index (κ2) is 3.87. The lowest BCUT2D eigenvalue weighted by Gasteiger charge is -2.06. The van der Waals surface area contributed by atoms with Crippen LogP contribution in [0.15, 0.2) is 0 Å². The van der Waals surface area contributed by atoms with Gasteiger partial charge in [0.25, 0.3) is 10.2 Å². The fraction of sp³-hybridized carbons (Fsp3) is 1.00. The summed E-state index contributed by atoms with van der Waals surface area (Å²) in [6.45, 7) is 1.97. The molecule has 0 aliphatic heterocycles. The highest BCUT2D eigenvalue weighted by atomic mass is 32.2. The third-order valence-corrected chi connectivity index (χ3v) is 1.95. The van der Waals surface area contributed by atoms with Crippen LogP contribution in [0.1, 0.15) is 6.92 Å². The molecule has 0 radical (unpaired) electrons. The summed E-state index contributed by atoms with van der Waals surface area (Å²) >= 11 is 0. The van der Waals surface area contributed by atoms with Crippen LogP contribution in [0.3, 0.4) is 0 Å². The van der Waals surface area contributed by atoms with Gasteiger partial charge in [0.15, 0.2) is 0 Å². The van der Waals surface area contributed by atoms with Crippen molar-refractivity contribution in [2.45, 2.75) is 13.0 Å². The Bertz CT molecular complexity index is 175. The van der Waals surface area contributed by atoms with E-state index in [-0.39, 0.29) is 12.6 Å². The molecule has 62 valence electrons. The highest BCUT2D eigenvalue weighted by Gasteiger charge is 2.04. The fourth-order valence-corrected chi connectivity index (χ4v) is 0.940. The van der Waals surface area contributed by atoms with E-state index < -0.39 is 10.2 Å². The largest absolute Gasteiger partial charge is 0.327 e. The van der Waals surface area contributed by atoms with Crippen LogP contribution in [0, 0.1) is 0 Å². The van der Waals surface area contributed by atoms with Gasteiger partial charge in [0, 0.05) is 19.6 Å². The van der Waals surface area contributed by atoms with Crippen molar-refractivity contribution in [1.29, 1.82) is 0 Å². The van der Waals surface area contributed by atoms with E-state index in [0.717, 1.165) is 0 Å². The van der Waals surface area contributed by atoms with Gasteiger partial charge in [0.2, 0.25) is 0 Å². The summed E-state index contributed by atoms with van der Waals surface area (Å²) < 4.78 is 25.6. The second-order valence-electron chi connectivity index (χ2n) is 2.03. The minimum absolute atomic E-state index is 0.164. The van der Waals surface area contributed by atoms with Crippen molar-refractivity contribution < 1.29 is 8.42 Å². The standard InChI is InChI=1S/C4H13N3O2S/c1-4(5)3-7-10(8,9)6-2/h4,6-7H,3,5H2,1-2H3. The van der Waals surface area contributed by atoms with Gasteiger partial charge in [-0.25, -0.2) is 9.44 Å². The van der Waals surface area contributed by atoms with Crippen LogP contribution in [-0.2, 0) is 10.2 Å². The molecule has 0 amide bonds. The first-order chi connectivity index (χ1) is 4.48. The molecule has 0 aromatic heterocycles. The van der Waals surface area contributed by atoms with Gasteiger partial charge >= 0.3 is 0 Å². The van der Waals surface area contributed by atoms with Gasteiger partial charge in [-0.1, -0.05) is 0 Å². The molecule has 0 bridgehead atoms. The van der Waals surface area contributed by atoms with E-state index in [9.17, 15) is 8.42 Å². The highest BCUT2D eigenvalue weighted by molar-refractivity contribution is 7.87. The Morgan fingerprint density at radius 3 is 2.40 bits per heavy atom. The number of rotatable bonds is 4. The van der Waals surface area contributed by atoms with Crippen LogP contribution in [0.2, 0.25) is 0 Å². The normalized spacial score (nSPS) is 15.1. The summed E-state index contributed by atoms with van der Waals surface area (Å²) in [6.07, 6.45) is 0. The Hall–Kier alpha value is -0.170. The van der Waals surface area contributed by atoms with Crippen molar-refractivity contribution in [1.82, 2.24) is 9.44 Å². The Morgan fingerprint density at radius 2 is 2.10 bits per heavy atom. The predicted octanol–water partition coefficient (Wildman–Crippen LogP) is -1.61. The van der Waals surface area contributed by atoms with E-state index in [1.54, 1.807) is 6.92 Å². The van der Waals surface area contributed by atoms with Gasteiger partial charge in [-0.15, -0.1) is 0 Å². The average Bonchev–Trinajstić information content (AvgIpc) is 1.85. The van der Waals surface area contributed by atoms with Crippen LogP contribution in [0.5, 0.6) is 0 Å².